The Labute approximate surface area is 146 Å². The molecular weight excluding hydrogens is 304 g/mol. The Balaban J connectivity index is 1.80. The normalized spacial score (nSPS) is 23.5. The average Bonchev–Trinajstić information content (AvgIpc) is 2.93. The Bertz CT molecular complexity index is 450. The zero-order chi connectivity index (χ0) is 17.9. The largest absolute Gasteiger partial charge is 0.347 e. The van der Waals surface area contributed by atoms with E-state index in [2.05, 4.69) is 30.6 Å². The first-order chi connectivity index (χ1) is 11.2. The summed E-state index contributed by atoms with van der Waals surface area (Å²) in [5, 5.41) is 0. The van der Waals surface area contributed by atoms with Crippen molar-refractivity contribution in [3.63, 3.8) is 0 Å². The summed E-state index contributed by atoms with van der Waals surface area (Å²) in [4.78, 5) is 33.0. The second kappa shape index (κ2) is 7.83. The molecule has 0 unspecified atom stereocenters. The van der Waals surface area contributed by atoms with E-state index in [1.165, 1.54) is 0 Å². The van der Waals surface area contributed by atoms with Crippen molar-refractivity contribution in [3.05, 3.63) is 0 Å². The molecule has 0 aliphatic carbocycles. The number of piperazine rings is 1. The minimum atomic E-state index is 0.0283. The van der Waals surface area contributed by atoms with Crippen LogP contribution in [0.2, 0.25) is 0 Å². The van der Waals surface area contributed by atoms with Gasteiger partial charge in [-0.15, -0.1) is 0 Å². The van der Waals surface area contributed by atoms with Gasteiger partial charge < -0.3 is 9.80 Å². The lowest BCUT2D eigenvalue weighted by Gasteiger charge is -2.38. The van der Waals surface area contributed by atoms with Crippen molar-refractivity contribution in [2.24, 2.45) is 5.41 Å². The Hall–Kier alpha value is -1.14. The molecule has 2 rings (SSSR count). The summed E-state index contributed by atoms with van der Waals surface area (Å²) in [6.07, 6.45) is 2.66. The highest BCUT2D eigenvalue weighted by Gasteiger charge is 2.33. The number of carbonyl (C=O) groups excluding carboxylic acids is 2. The molecule has 2 fully saturated rings. The maximum atomic E-state index is 12.3. The van der Waals surface area contributed by atoms with E-state index >= 15 is 0 Å². The molecule has 2 heterocycles. The first kappa shape index (κ1) is 19.2. The van der Waals surface area contributed by atoms with Crippen LogP contribution in [0.25, 0.3) is 0 Å². The smallest absolute Gasteiger partial charge is 0.239 e. The van der Waals surface area contributed by atoms with Crippen molar-refractivity contribution < 1.29 is 9.59 Å². The number of carbonyl (C=O) groups is 2. The van der Waals surface area contributed by atoms with E-state index in [1.807, 2.05) is 19.0 Å². The van der Waals surface area contributed by atoms with Crippen molar-refractivity contribution in [1.29, 1.82) is 0 Å². The van der Waals surface area contributed by atoms with Gasteiger partial charge in [-0.1, -0.05) is 20.8 Å². The maximum absolute atomic E-state index is 12.3. The van der Waals surface area contributed by atoms with Crippen molar-refractivity contribution in [2.75, 3.05) is 53.5 Å². The lowest BCUT2D eigenvalue weighted by molar-refractivity contribution is -0.135. The second-order valence-corrected chi connectivity index (χ2v) is 8.58. The third kappa shape index (κ3) is 5.18. The van der Waals surface area contributed by atoms with E-state index in [9.17, 15) is 9.59 Å². The van der Waals surface area contributed by atoms with E-state index in [-0.39, 0.29) is 23.3 Å². The van der Waals surface area contributed by atoms with E-state index < -0.39 is 0 Å². The Morgan fingerprint density at radius 1 is 1.04 bits per heavy atom. The van der Waals surface area contributed by atoms with Gasteiger partial charge in [-0.25, -0.2) is 0 Å². The molecule has 0 radical (unpaired) electrons. The summed E-state index contributed by atoms with van der Waals surface area (Å²) in [6, 6.07) is 0.0283. The molecule has 24 heavy (non-hydrogen) atoms. The number of rotatable bonds is 4. The van der Waals surface area contributed by atoms with Crippen LogP contribution in [0.1, 0.15) is 40.0 Å². The van der Waals surface area contributed by atoms with Gasteiger partial charge in [0.25, 0.3) is 0 Å². The van der Waals surface area contributed by atoms with E-state index in [0.29, 0.717) is 6.42 Å². The van der Waals surface area contributed by atoms with Crippen LogP contribution in [-0.2, 0) is 9.59 Å². The van der Waals surface area contributed by atoms with Gasteiger partial charge in [-0.2, -0.15) is 0 Å². The molecule has 2 amide bonds. The van der Waals surface area contributed by atoms with Crippen LogP contribution in [0.4, 0.5) is 0 Å². The van der Waals surface area contributed by atoms with Crippen LogP contribution in [0.15, 0.2) is 0 Å². The zero-order valence-corrected chi connectivity index (χ0v) is 16.0. The fourth-order valence-corrected chi connectivity index (χ4v) is 3.53. The molecule has 0 bridgehead atoms. The molecule has 138 valence electrons. The average molecular weight is 338 g/mol. The summed E-state index contributed by atoms with van der Waals surface area (Å²) < 4.78 is 0. The van der Waals surface area contributed by atoms with E-state index in [4.69, 9.17) is 0 Å². The lowest BCUT2D eigenvalue weighted by atomic mass is 9.91. The molecule has 2 aliphatic rings. The molecule has 0 aromatic carbocycles. The van der Waals surface area contributed by atoms with Gasteiger partial charge in [0.15, 0.2) is 0 Å². The quantitative estimate of drug-likeness (QED) is 0.769. The van der Waals surface area contributed by atoms with Crippen LogP contribution in [0.3, 0.4) is 0 Å². The number of nitrogens with zero attached hydrogens (tertiary/aromatic N) is 4. The molecule has 1 atom stereocenters. The van der Waals surface area contributed by atoms with Gasteiger partial charge in [0.2, 0.25) is 11.8 Å². The minimum absolute atomic E-state index is 0.0283. The fourth-order valence-electron chi connectivity index (χ4n) is 3.53. The summed E-state index contributed by atoms with van der Waals surface area (Å²) >= 11 is 0. The molecule has 6 heteroatoms. The lowest BCUT2D eigenvalue weighted by Crippen LogP contribution is -2.54. The molecule has 0 aromatic heterocycles. The van der Waals surface area contributed by atoms with Gasteiger partial charge >= 0.3 is 0 Å². The van der Waals surface area contributed by atoms with Gasteiger partial charge in [-0.3, -0.25) is 19.4 Å². The van der Waals surface area contributed by atoms with Crippen LogP contribution in [0.5, 0.6) is 0 Å². The van der Waals surface area contributed by atoms with Gasteiger partial charge in [0, 0.05) is 53.2 Å². The van der Waals surface area contributed by atoms with Crippen molar-refractivity contribution >= 4 is 11.8 Å². The number of amides is 2. The third-order valence-electron chi connectivity index (χ3n) is 4.88. The number of hydrogen-bond donors (Lipinski definition) is 0. The molecule has 2 aliphatic heterocycles. The van der Waals surface area contributed by atoms with Crippen LogP contribution in [-0.4, -0.2) is 90.9 Å². The van der Waals surface area contributed by atoms with Crippen molar-refractivity contribution in [3.8, 4) is 0 Å². The Morgan fingerprint density at radius 2 is 1.67 bits per heavy atom. The summed E-state index contributed by atoms with van der Waals surface area (Å²) in [5.74, 6) is 0.482. The first-order valence-electron chi connectivity index (χ1n) is 9.13. The van der Waals surface area contributed by atoms with Gasteiger partial charge in [-0.05, 0) is 18.3 Å². The second-order valence-electron chi connectivity index (χ2n) is 8.58. The molecular formula is C18H34N4O2. The van der Waals surface area contributed by atoms with E-state index in [0.717, 1.165) is 52.2 Å². The third-order valence-corrected chi connectivity index (χ3v) is 4.88. The highest BCUT2D eigenvalue weighted by Crippen LogP contribution is 2.22. The maximum Gasteiger partial charge on any atom is 0.239 e. The van der Waals surface area contributed by atoms with Crippen LogP contribution >= 0.6 is 0 Å². The molecule has 2 saturated heterocycles. The predicted molar refractivity (Wildman–Crippen MR) is 95.5 cm³/mol. The number of hydrogen-bond acceptors (Lipinski definition) is 4. The van der Waals surface area contributed by atoms with Crippen LogP contribution < -0.4 is 0 Å². The van der Waals surface area contributed by atoms with Gasteiger partial charge in [0.1, 0.15) is 0 Å². The van der Waals surface area contributed by atoms with E-state index in [1.54, 1.807) is 4.90 Å². The summed E-state index contributed by atoms with van der Waals surface area (Å²) in [7, 11) is 3.66. The standard InChI is InChI=1S/C18H34N4O2/c1-18(2,3)13-16(23)21-11-9-20(10-12-21)14-22-8-6-7-15(22)17(24)19(4)5/h15H,6-14H2,1-5H3/t15-/m0/s1. The monoisotopic (exact) mass is 338 g/mol. The molecule has 0 spiro atoms. The first-order valence-corrected chi connectivity index (χ1v) is 9.13. The summed E-state index contributed by atoms with van der Waals surface area (Å²) in [5.41, 5.74) is 0.0452. The number of likely N-dealkylation sites (tertiary alicyclic amines) is 1. The zero-order valence-electron chi connectivity index (χ0n) is 16.0. The highest BCUT2D eigenvalue weighted by atomic mass is 16.2. The Kier molecular flexibility index (Phi) is 6.26. The van der Waals surface area contributed by atoms with Crippen molar-refractivity contribution in [2.45, 2.75) is 46.1 Å². The predicted octanol–water partition coefficient (Wildman–Crippen LogP) is 1.08. The molecule has 6 nitrogen and oxygen atoms in total. The molecule has 0 saturated carbocycles. The van der Waals surface area contributed by atoms with Crippen LogP contribution in [0, 0.1) is 5.41 Å². The Morgan fingerprint density at radius 3 is 2.21 bits per heavy atom. The number of likely N-dealkylation sites (N-methyl/N-ethyl adjacent to an activating group) is 1. The molecule has 0 N–H and O–H groups in total. The minimum Gasteiger partial charge on any atom is -0.347 e. The highest BCUT2D eigenvalue weighted by molar-refractivity contribution is 5.81. The fraction of sp³-hybridized carbons (Fsp3) is 0.889. The SMILES string of the molecule is CN(C)C(=O)[C@@H]1CCCN1CN1CCN(C(=O)CC(C)(C)C)CC1. The summed E-state index contributed by atoms with van der Waals surface area (Å²) in [6.45, 7) is 11.6. The molecule has 0 aromatic rings. The van der Waals surface area contributed by atoms with Gasteiger partial charge in [0.05, 0.1) is 12.7 Å². The topological polar surface area (TPSA) is 47.1 Å². The van der Waals surface area contributed by atoms with Crippen molar-refractivity contribution in [1.82, 2.24) is 19.6 Å².